The second-order valence-electron chi connectivity index (χ2n) is 7.32. The number of alkyl halides is 3. The van der Waals surface area contributed by atoms with Crippen LogP contribution in [0.15, 0.2) is 53.6 Å². The number of sulfonamides is 1. The van der Waals surface area contributed by atoms with Gasteiger partial charge in [0.2, 0.25) is 0 Å². The van der Waals surface area contributed by atoms with E-state index in [0.29, 0.717) is 11.3 Å². The molecule has 2 aromatic carbocycles. The molecule has 0 bridgehead atoms. The predicted octanol–water partition coefficient (Wildman–Crippen LogP) is 5.79. The standard InChI is InChI=1S/C22H14F5N5O3S2/c1-2-32-16(9-19(30-32)22(25,26)27)12-3-5-18(15(23)8-12)35-17-6-4-14(7-13(17)10-28)37(33,34)31-21-29-11-20(24)36-21/h3-9,11H,2H2,1H3,(H,29,31). The van der Waals surface area contributed by atoms with Gasteiger partial charge in [0.1, 0.15) is 11.8 Å². The maximum atomic E-state index is 14.8. The number of rotatable bonds is 7. The highest BCUT2D eigenvalue weighted by molar-refractivity contribution is 7.93. The number of aryl methyl sites for hydroxylation is 1. The lowest BCUT2D eigenvalue weighted by Gasteiger charge is -2.12. The Kier molecular flexibility index (Phi) is 6.89. The van der Waals surface area contributed by atoms with E-state index >= 15 is 0 Å². The Morgan fingerprint density at radius 1 is 1.14 bits per heavy atom. The summed E-state index contributed by atoms with van der Waals surface area (Å²) in [7, 11) is -4.22. The van der Waals surface area contributed by atoms with Gasteiger partial charge in [0.25, 0.3) is 10.0 Å². The van der Waals surface area contributed by atoms with E-state index in [0.717, 1.165) is 47.3 Å². The Morgan fingerprint density at radius 3 is 2.46 bits per heavy atom. The number of nitrogens with zero attached hydrogens (tertiary/aromatic N) is 4. The highest BCUT2D eigenvalue weighted by Crippen LogP contribution is 2.35. The summed E-state index contributed by atoms with van der Waals surface area (Å²) in [5.74, 6) is -1.47. The van der Waals surface area contributed by atoms with E-state index < -0.39 is 32.8 Å². The SMILES string of the molecule is CCn1nc(C(F)(F)F)cc1-c1ccc(Oc2ccc(S(=O)(=O)Nc3ncc(F)s3)cc2C#N)c(F)c1. The molecule has 0 unspecified atom stereocenters. The first kappa shape index (κ1) is 26.0. The van der Waals surface area contributed by atoms with Crippen LogP contribution in [0.2, 0.25) is 0 Å². The van der Waals surface area contributed by atoms with Crippen LogP contribution in [0, 0.1) is 22.3 Å². The van der Waals surface area contributed by atoms with Crippen molar-refractivity contribution in [3.63, 3.8) is 0 Å². The molecule has 8 nitrogen and oxygen atoms in total. The molecule has 0 aliphatic heterocycles. The molecule has 0 saturated carbocycles. The van der Waals surface area contributed by atoms with Gasteiger partial charge in [-0.05, 0) is 49.4 Å². The number of hydrogen-bond acceptors (Lipinski definition) is 7. The minimum atomic E-state index is -4.67. The Hall–Kier alpha value is -4.03. The van der Waals surface area contributed by atoms with E-state index in [1.54, 1.807) is 13.0 Å². The van der Waals surface area contributed by atoms with E-state index in [9.17, 15) is 35.6 Å². The fourth-order valence-electron chi connectivity index (χ4n) is 3.22. The van der Waals surface area contributed by atoms with Crippen LogP contribution < -0.4 is 9.46 Å². The number of aromatic nitrogens is 3. The molecule has 0 aliphatic rings. The molecular formula is C22H14F5N5O3S2. The molecule has 2 heterocycles. The van der Waals surface area contributed by atoms with E-state index in [-0.39, 0.29) is 44.9 Å². The van der Waals surface area contributed by atoms with Gasteiger partial charge in [-0.25, -0.2) is 17.8 Å². The first-order valence-corrected chi connectivity index (χ1v) is 12.5. The summed E-state index contributed by atoms with van der Waals surface area (Å²) < 4.78 is 101. The summed E-state index contributed by atoms with van der Waals surface area (Å²) in [5, 5.41) is 12.0. The third kappa shape index (κ3) is 5.54. The summed E-state index contributed by atoms with van der Waals surface area (Å²) in [4.78, 5) is 3.22. The Balaban J connectivity index is 1.60. The first-order chi connectivity index (χ1) is 17.4. The number of benzene rings is 2. The number of halogens is 5. The summed E-state index contributed by atoms with van der Waals surface area (Å²) >= 11 is 0.469. The van der Waals surface area contributed by atoms with Crippen LogP contribution in [0.4, 0.5) is 27.1 Å². The lowest BCUT2D eigenvalue weighted by molar-refractivity contribution is -0.141. The maximum absolute atomic E-state index is 14.8. The van der Waals surface area contributed by atoms with Crippen LogP contribution in [0.3, 0.4) is 0 Å². The summed E-state index contributed by atoms with van der Waals surface area (Å²) in [6.07, 6.45) is -3.83. The van der Waals surface area contributed by atoms with E-state index in [4.69, 9.17) is 4.74 Å². The zero-order valence-electron chi connectivity index (χ0n) is 18.5. The van der Waals surface area contributed by atoms with E-state index in [1.165, 1.54) is 6.07 Å². The molecule has 2 aromatic heterocycles. The number of thiazole rings is 1. The molecule has 4 aromatic rings. The van der Waals surface area contributed by atoms with Crippen LogP contribution in [0.25, 0.3) is 11.3 Å². The highest BCUT2D eigenvalue weighted by atomic mass is 32.2. The van der Waals surface area contributed by atoms with Gasteiger partial charge in [-0.2, -0.15) is 27.9 Å². The number of ether oxygens (including phenoxy) is 1. The van der Waals surface area contributed by atoms with Gasteiger partial charge in [-0.15, -0.1) is 0 Å². The topological polar surface area (TPSA) is 110 Å². The van der Waals surface area contributed by atoms with Gasteiger partial charge in [-0.3, -0.25) is 9.40 Å². The van der Waals surface area contributed by atoms with E-state index in [1.807, 2.05) is 0 Å². The van der Waals surface area contributed by atoms with Crippen molar-refractivity contribution in [1.82, 2.24) is 14.8 Å². The maximum Gasteiger partial charge on any atom is 0.435 e. The first-order valence-electron chi connectivity index (χ1n) is 10.2. The molecule has 0 amide bonds. The lowest BCUT2D eigenvalue weighted by Crippen LogP contribution is -2.13. The lowest BCUT2D eigenvalue weighted by atomic mass is 10.1. The van der Waals surface area contributed by atoms with Gasteiger partial charge < -0.3 is 4.74 Å². The molecule has 192 valence electrons. The van der Waals surface area contributed by atoms with Gasteiger partial charge in [-0.1, -0.05) is 11.3 Å². The average molecular weight is 556 g/mol. The molecular weight excluding hydrogens is 541 g/mol. The number of anilines is 1. The van der Waals surface area contributed by atoms with Crippen molar-refractivity contribution < 1.29 is 35.1 Å². The van der Waals surface area contributed by atoms with E-state index in [2.05, 4.69) is 14.8 Å². The summed E-state index contributed by atoms with van der Waals surface area (Å²) in [5.41, 5.74) is -1.22. The van der Waals surface area contributed by atoms with Crippen LogP contribution in [-0.4, -0.2) is 23.2 Å². The van der Waals surface area contributed by atoms with Crippen LogP contribution >= 0.6 is 11.3 Å². The smallest absolute Gasteiger partial charge is 0.435 e. The van der Waals surface area contributed by atoms with Gasteiger partial charge in [0.05, 0.1) is 22.3 Å². The molecule has 1 N–H and O–H groups in total. The van der Waals surface area contributed by atoms with Crippen molar-refractivity contribution in [1.29, 1.82) is 5.26 Å². The highest BCUT2D eigenvalue weighted by Gasteiger charge is 2.35. The van der Waals surface area contributed by atoms with Crippen molar-refractivity contribution in [3.8, 4) is 28.8 Å². The van der Waals surface area contributed by atoms with Crippen LogP contribution in [0.5, 0.6) is 11.5 Å². The molecule has 4 rings (SSSR count). The average Bonchev–Trinajstić information content (AvgIpc) is 3.46. The largest absolute Gasteiger partial charge is 0.453 e. The molecule has 0 fully saturated rings. The Labute approximate surface area is 210 Å². The molecule has 0 spiro atoms. The van der Waals surface area contributed by atoms with Crippen molar-refractivity contribution >= 4 is 26.5 Å². The third-order valence-corrected chi connectivity index (χ3v) is 7.07. The normalized spacial score (nSPS) is 11.8. The minimum Gasteiger partial charge on any atom is -0.453 e. The minimum absolute atomic E-state index is 0.0418. The fourth-order valence-corrected chi connectivity index (χ4v) is 5.03. The molecule has 0 radical (unpaired) electrons. The summed E-state index contributed by atoms with van der Waals surface area (Å²) in [6, 6.07) is 9.20. The Morgan fingerprint density at radius 2 is 1.86 bits per heavy atom. The number of nitrogens with one attached hydrogen (secondary N) is 1. The quantitative estimate of drug-likeness (QED) is 0.289. The fraction of sp³-hybridized carbons (Fsp3) is 0.136. The second kappa shape index (κ2) is 9.79. The second-order valence-corrected chi connectivity index (χ2v) is 9.98. The van der Waals surface area contributed by atoms with Crippen molar-refractivity contribution in [2.75, 3.05) is 4.72 Å². The zero-order valence-corrected chi connectivity index (χ0v) is 20.2. The van der Waals surface area contributed by atoms with Crippen LogP contribution in [-0.2, 0) is 22.7 Å². The van der Waals surface area contributed by atoms with Gasteiger partial charge >= 0.3 is 6.18 Å². The zero-order chi connectivity index (χ0) is 27.0. The molecule has 15 heteroatoms. The molecule has 37 heavy (non-hydrogen) atoms. The number of nitriles is 1. The van der Waals surface area contributed by atoms with Gasteiger partial charge in [0.15, 0.2) is 27.5 Å². The number of hydrogen-bond donors (Lipinski definition) is 1. The molecule has 0 atom stereocenters. The van der Waals surface area contributed by atoms with Crippen LogP contribution in [0.1, 0.15) is 18.2 Å². The van der Waals surface area contributed by atoms with Gasteiger partial charge in [0, 0.05) is 12.1 Å². The monoisotopic (exact) mass is 555 g/mol. The van der Waals surface area contributed by atoms with Crippen molar-refractivity contribution in [3.05, 3.63) is 70.9 Å². The molecule has 0 saturated heterocycles. The Bertz CT molecular complexity index is 1620. The third-order valence-electron chi connectivity index (χ3n) is 4.90. The van der Waals surface area contributed by atoms with Crippen molar-refractivity contribution in [2.24, 2.45) is 0 Å². The summed E-state index contributed by atoms with van der Waals surface area (Å²) in [6.45, 7) is 1.70. The molecule has 0 aliphatic carbocycles. The van der Waals surface area contributed by atoms with Crippen molar-refractivity contribution in [2.45, 2.75) is 24.5 Å². The predicted molar refractivity (Wildman–Crippen MR) is 122 cm³/mol.